The van der Waals surface area contributed by atoms with Crippen molar-refractivity contribution < 1.29 is 9.90 Å². The molecule has 2 aromatic rings. The summed E-state index contributed by atoms with van der Waals surface area (Å²) in [5.74, 6) is 0.705. The molecule has 0 atom stereocenters. The highest BCUT2D eigenvalue weighted by atomic mass is 16.3. The fraction of sp³-hybridized carbons (Fsp3) is 0.200. The molecule has 0 saturated carbocycles. The monoisotopic (exact) mass is 271 g/mol. The van der Waals surface area contributed by atoms with Crippen molar-refractivity contribution in [3.05, 3.63) is 48.2 Å². The van der Waals surface area contributed by atoms with E-state index in [4.69, 9.17) is 0 Å². The highest BCUT2D eigenvalue weighted by Gasteiger charge is 2.15. The maximum Gasteiger partial charge on any atom is 0.276 e. The zero-order chi connectivity index (χ0) is 14.7. The summed E-state index contributed by atoms with van der Waals surface area (Å²) in [4.78, 5) is 20.1. The summed E-state index contributed by atoms with van der Waals surface area (Å²) in [7, 11) is 5.43. The van der Waals surface area contributed by atoms with Gasteiger partial charge in [-0.05, 0) is 36.4 Å². The number of nitrogens with zero attached hydrogens (tertiary/aromatic N) is 3. The number of benzene rings is 1. The Bertz CT molecular complexity index is 609. The van der Waals surface area contributed by atoms with Crippen LogP contribution in [0.4, 0.5) is 11.5 Å². The van der Waals surface area contributed by atoms with E-state index < -0.39 is 0 Å². The van der Waals surface area contributed by atoms with Gasteiger partial charge in [0.15, 0.2) is 0 Å². The first-order chi connectivity index (χ1) is 9.49. The third-order valence-electron chi connectivity index (χ3n) is 2.95. The summed E-state index contributed by atoms with van der Waals surface area (Å²) in [5, 5.41) is 9.27. The van der Waals surface area contributed by atoms with Crippen molar-refractivity contribution in [2.75, 3.05) is 30.9 Å². The molecular formula is C15H17N3O2. The number of hydrogen-bond acceptors (Lipinski definition) is 4. The van der Waals surface area contributed by atoms with Crippen molar-refractivity contribution in [1.82, 2.24) is 4.98 Å². The SMILES string of the molecule is CN(C)c1cccc(C(=O)N(C)c2ccc(O)cc2)n1. The quantitative estimate of drug-likeness (QED) is 0.929. The lowest BCUT2D eigenvalue weighted by Gasteiger charge is -2.18. The van der Waals surface area contributed by atoms with Crippen molar-refractivity contribution in [1.29, 1.82) is 0 Å². The number of carbonyl (C=O) groups excluding carboxylic acids is 1. The average molecular weight is 271 g/mol. The summed E-state index contributed by atoms with van der Waals surface area (Å²) < 4.78 is 0. The summed E-state index contributed by atoms with van der Waals surface area (Å²) >= 11 is 0. The Kier molecular flexibility index (Phi) is 3.89. The standard InChI is InChI=1S/C15H17N3O2/c1-17(2)14-6-4-5-13(16-14)15(20)18(3)11-7-9-12(19)10-8-11/h4-10,19H,1-3H3. The molecule has 1 aromatic carbocycles. The van der Waals surface area contributed by atoms with Gasteiger partial charge >= 0.3 is 0 Å². The minimum Gasteiger partial charge on any atom is -0.508 e. The fourth-order valence-electron chi connectivity index (χ4n) is 1.76. The summed E-state index contributed by atoms with van der Waals surface area (Å²) in [5.41, 5.74) is 1.08. The van der Waals surface area contributed by atoms with Gasteiger partial charge < -0.3 is 14.9 Å². The number of pyridine rings is 1. The number of hydrogen-bond donors (Lipinski definition) is 1. The number of amides is 1. The van der Waals surface area contributed by atoms with Crippen LogP contribution in [0, 0.1) is 0 Å². The molecule has 0 aliphatic carbocycles. The van der Waals surface area contributed by atoms with E-state index in [2.05, 4.69) is 4.98 Å². The van der Waals surface area contributed by atoms with Gasteiger partial charge in [0.1, 0.15) is 17.3 Å². The molecule has 0 aliphatic heterocycles. The molecule has 0 bridgehead atoms. The number of phenols is 1. The molecule has 0 fully saturated rings. The molecule has 5 nitrogen and oxygen atoms in total. The van der Waals surface area contributed by atoms with E-state index in [0.717, 1.165) is 5.82 Å². The zero-order valence-corrected chi connectivity index (χ0v) is 11.7. The number of aromatic hydroxyl groups is 1. The largest absolute Gasteiger partial charge is 0.508 e. The van der Waals surface area contributed by atoms with E-state index in [1.807, 2.05) is 25.1 Å². The van der Waals surface area contributed by atoms with Crippen LogP contribution in [0.2, 0.25) is 0 Å². The van der Waals surface area contributed by atoms with E-state index in [0.29, 0.717) is 11.4 Å². The lowest BCUT2D eigenvalue weighted by molar-refractivity contribution is 0.0988. The fourth-order valence-corrected chi connectivity index (χ4v) is 1.76. The molecule has 104 valence electrons. The van der Waals surface area contributed by atoms with Crippen molar-refractivity contribution >= 4 is 17.4 Å². The molecule has 0 unspecified atom stereocenters. The van der Waals surface area contributed by atoms with Crippen molar-refractivity contribution in [3.8, 4) is 5.75 Å². The van der Waals surface area contributed by atoms with E-state index in [-0.39, 0.29) is 11.7 Å². The Morgan fingerprint density at radius 3 is 2.30 bits per heavy atom. The van der Waals surface area contributed by atoms with Crippen LogP contribution in [-0.4, -0.2) is 37.1 Å². The van der Waals surface area contributed by atoms with Gasteiger partial charge in [0.05, 0.1) is 0 Å². The van der Waals surface area contributed by atoms with Crippen molar-refractivity contribution in [2.45, 2.75) is 0 Å². The molecule has 1 heterocycles. The Morgan fingerprint density at radius 2 is 1.70 bits per heavy atom. The molecule has 0 aliphatic rings. The highest BCUT2D eigenvalue weighted by molar-refractivity contribution is 6.04. The zero-order valence-electron chi connectivity index (χ0n) is 11.7. The maximum atomic E-state index is 12.4. The molecule has 0 saturated heterocycles. The predicted octanol–water partition coefficient (Wildman–Crippen LogP) is 2.13. The number of aromatic nitrogens is 1. The predicted molar refractivity (Wildman–Crippen MR) is 79.4 cm³/mol. The van der Waals surface area contributed by atoms with Gasteiger partial charge in [0.25, 0.3) is 5.91 Å². The van der Waals surface area contributed by atoms with E-state index in [1.54, 1.807) is 43.4 Å². The minimum absolute atomic E-state index is 0.169. The van der Waals surface area contributed by atoms with E-state index in [9.17, 15) is 9.90 Å². The Morgan fingerprint density at radius 1 is 1.05 bits per heavy atom. The van der Waals surface area contributed by atoms with Crippen LogP contribution >= 0.6 is 0 Å². The lowest BCUT2D eigenvalue weighted by atomic mass is 10.2. The van der Waals surface area contributed by atoms with Crippen LogP contribution in [0.3, 0.4) is 0 Å². The van der Waals surface area contributed by atoms with Crippen LogP contribution in [0.15, 0.2) is 42.5 Å². The first-order valence-electron chi connectivity index (χ1n) is 6.20. The summed E-state index contributed by atoms with van der Waals surface area (Å²) in [6.07, 6.45) is 0. The van der Waals surface area contributed by atoms with Crippen molar-refractivity contribution in [3.63, 3.8) is 0 Å². The second-order valence-electron chi connectivity index (χ2n) is 4.66. The average Bonchev–Trinajstić information content (AvgIpc) is 2.46. The molecule has 1 amide bonds. The van der Waals surface area contributed by atoms with Gasteiger partial charge in [0.2, 0.25) is 0 Å². The van der Waals surface area contributed by atoms with Crippen LogP contribution in [0.25, 0.3) is 0 Å². The summed E-state index contributed by atoms with van der Waals surface area (Å²) in [6.45, 7) is 0. The van der Waals surface area contributed by atoms with Crippen LogP contribution < -0.4 is 9.80 Å². The number of phenolic OH excluding ortho intramolecular Hbond substituents is 1. The second-order valence-corrected chi connectivity index (χ2v) is 4.66. The molecule has 0 spiro atoms. The Labute approximate surface area is 118 Å². The number of carbonyl (C=O) groups is 1. The number of anilines is 2. The molecule has 5 heteroatoms. The Balaban J connectivity index is 2.26. The van der Waals surface area contributed by atoms with E-state index >= 15 is 0 Å². The van der Waals surface area contributed by atoms with Crippen LogP contribution in [0.5, 0.6) is 5.75 Å². The van der Waals surface area contributed by atoms with Gasteiger partial charge in [-0.3, -0.25) is 4.79 Å². The van der Waals surface area contributed by atoms with Gasteiger partial charge in [0, 0.05) is 26.8 Å². The van der Waals surface area contributed by atoms with Crippen molar-refractivity contribution in [2.24, 2.45) is 0 Å². The molecule has 0 radical (unpaired) electrons. The smallest absolute Gasteiger partial charge is 0.276 e. The second kappa shape index (κ2) is 5.61. The van der Waals surface area contributed by atoms with Gasteiger partial charge in [-0.2, -0.15) is 0 Å². The van der Waals surface area contributed by atoms with E-state index in [1.165, 1.54) is 4.90 Å². The summed E-state index contributed by atoms with van der Waals surface area (Å²) in [6, 6.07) is 11.8. The molecule has 2 rings (SSSR count). The van der Waals surface area contributed by atoms with Gasteiger partial charge in [-0.15, -0.1) is 0 Å². The highest BCUT2D eigenvalue weighted by Crippen LogP contribution is 2.19. The van der Waals surface area contributed by atoms with Gasteiger partial charge in [-0.25, -0.2) is 4.98 Å². The normalized spacial score (nSPS) is 10.2. The first kappa shape index (κ1) is 13.9. The van der Waals surface area contributed by atoms with Crippen LogP contribution in [-0.2, 0) is 0 Å². The Hall–Kier alpha value is -2.56. The third-order valence-corrected chi connectivity index (χ3v) is 2.95. The minimum atomic E-state index is -0.195. The van der Waals surface area contributed by atoms with Crippen LogP contribution in [0.1, 0.15) is 10.5 Å². The lowest BCUT2D eigenvalue weighted by Crippen LogP contribution is -2.27. The van der Waals surface area contributed by atoms with Gasteiger partial charge in [-0.1, -0.05) is 6.07 Å². The third kappa shape index (κ3) is 2.88. The molecular weight excluding hydrogens is 254 g/mol. The first-order valence-corrected chi connectivity index (χ1v) is 6.20. The molecule has 20 heavy (non-hydrogen) atoms. The molecule has 1 N–H and O–H groups in total. The topological polar surface area (TPSA) is 56.7 Å². The number of rotatable bonds is 3. The maximum absolute atomic E-state index is 12.4. The molecule has 1 aromatic heterocycles.